The van der Waals surface area contributed by atoms with Gasteiger partial charge in [-0.05, 0) is 50.9 Å². The fourth-order valence-corrected chi connectivity index (χ4v) is 2.47. The minimum atomic E-state index is -0.777. The fraction of sp³-hybridized carbons (Fsp3) is 0.533. The number of hydrogen-bond donors (Lipinski definition) is 2. The lowest BCUT2D eigenvalue weighted by Crippen LogP contribution is -2.20. The van der Waals surface area contributed by atoms with Crippen molar-refractivity contribution in [1.82, 2.24) is 5.32 Å². The van der Waals surface area contributed by atoms with Gasteiger partial charge in [-0.1, -0.05) is 6.07 Å². The highest BCUT2D eigenvalue weighted by Crippen LogP contribution is 2.35. The van der Waals surface area contributed by atoms with Gasteiger partial charge < -0.3 is 15.2 Å². The summed E-state index contributed by atoms with van der Waals surface area (Å²) >= 11 is 0. The Labute approximate surface area is 114 Å². The van der Waals surface area contributed by atoms with Crippen LogP contribution in [0.4, 0.5) is 0 Å². The van der Waals surface area contributed by atoms with Gasteiger partial charge in [-0.2, -0.15) is 0 Å². The Morgan fingerprint density at radius 1 is 1.37 bits per heavy atom. The molecule has 1 aromatic rings. The molecule has 4 heteroatoms. The maximum Gasteiger partial charge on any atom is 0.303 e. The first-order chi connectivity index (χ1) is 8.92. The lowest BCUT2D eigenvalue weighted by molar-refractivity contribution is -0.137. The Morgan fingerprint density at radius 3 is 2.47 bits per heavy atom. The number of carboxylic acids is 1. The SMILES string of the molecule is CNC(CCC(=O)O)c1c(C)cc(C)c(C)c1OC. The first-order valence-electron chi connectivity index (χ1n) is 6.46. The molecule has 0 aromatic heterocycles. The van der Waals surface area contributed by atoms with E-state index in [1.54, 1.807) is 7.11 Å². The monoisotopic (exact) mass is 265 g/mol. The molecule has 0 spiro atoms. The molecule has 0 fully saturated rings. The van der Waals surface area contributed by atoms with Crippen LogP contribution in [0.1, 0.15) is 41.1 Å². The number of hydrogen-bond acceptors (Lipinski definition) is 3. The zero-order chi connectivity index (χ0) is 14.6. The molecule has 106 valence electrons. The van der Waals surface area contributed by atoms with Gasteiger partial charge in [0.2, 0.25) is 0 Å². The summed E-state index contributed by atoms with van der Waals surface area (Å²) < 4.78 is 5.54. The van der Waals surface area contributed by atoms with Crippen LogP contribution < -0.4 is 10.1 Å². The van der Waals surface area contributed by atoms with Gasteiger partial charge in [-0.15, -0.1) is 0 Å². The number of benzene rings is 1. The number of carboxylic acid groups (broad SMARTS) is 1. The quantitative estimate of drug-likeness (QED) is 0.830. The minimum absolute atomic E-state index is 0.00894. The Bertz CT molecular complexity index is 469. The van der Waals surface area contributed by atoms with E-state index in [0.29, 0.717) is 6.42 Å². The van der Waals surface area contributed by atoms with Gasteiger partial charge in [0.15, 0.2) is 0 Å². The second kappa shape index (κ2) is 6.57. The van der Waals surface area contributed by atoms with Crippen molar-refractivity contribution >= 4 is 5.97 Å². The number of ether oxygens (including phenoxy) is 1. The van der Waals surface area contributed by atoms with Crippen molar-refractivity contribution in [3.05, 3.63) is 28.3 Å². The molecule has 2 N–H and O–H groups in total. The average Bonchev–Trinajstić information content (AvgIpc) is 2.35. The van der Waals surface area contributed by atoms with Crippen LogP contribution in [0.5, 0.6) is 5.75 Å². The van der Waals surface area contributed by atoms with Crippen molar-refractivity contribution in [3.8, 4) is 5.75 Å². The van der Waals surface area contributed by atoms with E-state index in [0.717, 1.165) is 22.4 Å². The molecule has 0 aliphatic carbocycles. The van der Waals surface area contributed by atoms with Crippen LogP contribution in [0, 0.1) is 20.8 Å². The van der Waals surface area contributed by atoms with Crippen LogP contribution in [0.25, 0.3) is 0 Å². The third-order valence-electron chi connectivity index (χ3n) is 3.58. The molecule has 0 heterocycles. The maximum absolute atomic E-state index is 10.8. The summed E-state index contributed by atoms with van der Waals surface area (Å²) in [6, 6.07) is 2.11. The molecule has 0 aliphatic rings. The van der Waals surface area contributed by atoms with E-state index < -0.39 is 5.97 Å². The van der Waals surface area contributed by atoms with E-state index in [1.807, 2.05) is 20.9 Å². The van der Waals surface area contributed by atoms with Gasteiger partial charge in [0.05, 0.1) is 7.11 Å². The lowest BCUT2D eigenvalue weighted by atomic mass is 9.92. The van der Waals surface area contributed by atoms with Gasteiger partial charge >= 0.3 is 5.97 Å². The van der Waals surface area contributed by atoms with Gasteiger partial charge in [0.1, 0.15) is 5.75 Å². The Morgan fingerprint density at radius 2 is 2.00 bits per heavy atom. The van der Waals surface area contributed by atoms with Crippen LogP contribution in [0.15, 0.2) is 6.07 Å². The smallest absolute Gasteiger partial charge is 0.303 e. The predicted molar refractivity (Wildman–Crippen MR) is 75.9 cm³/mol. The average molecular weight is 265 g/mol. The molecular weight excluding hydrogens is 242 g/mol. The van der Waals surface area contributed by atoms with Crippen molar-refractivity contribution in [2.45, 2.75) is 39.7 Å². The zero-order valence-electron chi connectivity index (χ0n) is 12.3. The van der Waals surface area contributed by atoms with Crippen molar-refractivity contribution in [1.29, 1.82) is 0 Å². The summed E-state index contributed by atoms with van der Waals surface area (Å²) in [5.41, 5.74) is 4.49. The van der Waals surface area contributed by atoms with E-state index in [-0.39, 0.29) is 12.5 Å². The molecule has 0 saturated heterocycles. The number of aliphatic carboxylic acids is 1. The molecule has 0 radical (unpaired) electrons. The standard InChI is InChI=1S/C15H23NO3/c1-9-8-10(2)14(15(19-5)11(9)3)12(16-4)6-7-13(17)18/h8,12,16H,6-7H2,1-5H3,(H,17,18). The van der Waals surface area contributed by atoms with Crippen LogP contribution in [0.3, 0.4) is 0 Å². The van der Waals surface area contributed by atoms with Crippen LogP contribution >= 0.6 is 0 Å². The number of rotatable bonds is 6. The molecule has 0 amide bonds. The predicted octanol–water partition coefficient (Wildman–Crippen LogP) is 2.75. The first kappa shape index (κ1) is 15.5. The van der Waals surface area contributed by atoms with E-state index in [2.05, 4.69) is 18.3 Å². The molecule has 1 rings (SSSR count). The molecule has 0 saturated carbocycles. The van der Waals surface area contributed by atoms with Gasteiger partial charge in [0, 0.05) is 18.0 Å². The summed E-state index contributed by atoms with van der Waals surface area (Å²) in [7, 11) is 3.51. The van der Waals surface area contributed by atoms with Crippen molar-refractivity contribution in [3.63, 3.8) is 0 Å². The summed E-state index contributed by atoms with van der Waals surface area (Å²) in [4.78, 5) is 10.8. The minimum Gasteiger partial charge on any atom is -0.496 e. The lowest BCUT2D eigenvalue weighted by Gasteiger charge is -2.23. The van der Waals surface area contributed by atoms with E-state index in [4.69, 9.17) is 9.84 Å². The second-order valence-corrected chi connectivity index (χ2v) is 4.86. The normalized spacial score (nSPS) is 12.3. The Hall–Kier alpha value is -1.55. The second-order valence-electron chi connectivity index (χ2n) is 4.86. The van der Waals surface area contributed by atoms with Gasteiger partial charge in [-0.25, -0.2) is 0 Å². The van der Waals surface area contributed by atoms with E-state index in [1.165, 1.54) is 5.56 Å². The zero-order valence-corrected chi connectivity index (χ0v) is 12.3. The summed E-state index contributed by atoms with van der Waals surface area (Å²) in [5.74, 6) is 0.0861. The highest BCUT2D eigenvalue weighted by Gasteiger charge is 2.20. The maximum atomic E-state index is 10.8. The largest absolute Gasteiger partial charge is 0.496 e. The van der Waals surface area contributed by atoms with Crippen molar-refractivity contribution in [2.24, 2.45) is 0 Å². The summed E-state index contributed by atoms with van der Waals surface area (Å²) in [6.45, 7) is 6.12. The van der Waals surface area contributed by atoms with Crippen LogP contribution in [-0.4, -0.2) is 25.2 Å². The van der Waals surface area contributed by atoms with Gasteiger partial charge in [-0.3, -0.25) is 4.79 Å². The highest BCUT2D eigenvalue weighted by atomic mass is 16.5. The number of carbonyl (C=O) groups is 1. The third kappa shape index (κ3) is 3.47. The fourth-order valence-electron chi connectivity index (χ4n) is 2.47. The van der Waals surface area contributed by atoms with E-state index in [9.17, 15) is 4.79 Å². The Kier molecular flexibility index (Phi) is 5.36. The van der Waals surface area contributed by atoms with Crippen LogP contribution in [-0.2, 0) is 4.79 Å². The molecule has 1 unspecified atom stereocenters. The van der Waals surface area contributed by atoms with Crippen LogP contribution in [0.2, 0.25) is 0 Å². The molecule has 1 atom stereocenters. The molecule has 1 aromatic carbocycles. The first-order valence-corrected chi connectivity index (χ1v) is 6.46. The molecule has 4 nitrogen and oxygen atoms in total. The topological polar surface area (TPSA) is 58.6 Å². The summed E-state index contributed by atoms with van der Waals surface area (Å²) in [5, 5.41) is 12.0. The van der Waals surface area contributed by atoms with Gasteiger partial charge in [0.25, 0.3) is 0 Å². The molecule has 0 bridgehead atoms. The third-order valence-corrected chi connectivity index (χ3v) is 3.58. The number of aryl methyl sites for hydroxylation is 2. The molecular formula is C15H23NO3. The summed E-state index contributed by atoms with van der Waals surface area (Å²) in [6.07, 6.45) is 0.687. The number of methoxy groups -OCH3 is 1. The molecule has 19 heavy (non-hydrogen) atoms. The number of nitrogens with one attached hydrogen (secondary N) is 1. The van der Waals surface area contributed by atoms with E-state index >= 15 is 0 Å². The Balaban J connectivity index is 3.22. The highest BCUT2D eigenvalue weighted by molar-refractivity contribution is 5.66. The molecule has 0 aliphatic heterocycles. The van der Waals surface area contributed by atoms with Crippen molar-refractivity contribution < 1.29 is 14.6 Å². The van der Waals surface area contributed by atoms with Crippen molar-refractivity contribution in [2.75, 3.05) is 14.2 Å².